The minimum absolute atomic E-state index is 0.201. The predicted molar refractivity (Wildman–Crippen MR) is 61.6 cm³/mol. The lowest BCUT2D eigenvalue weighted by molar-refractivity contribution is -0.198. The molecule has 2 rings (SSSR count). The van der Waals surface area contributed by atoms with Gasteiger partial charge in [-0.1, -0.05) is 0 Å². The number of nitrogens with zero attached hydrogens (tertiary/aromatic N) is 1. The summed E-state index contributed by atoms with van der Waals surface area (Å²) in [5, 5.41) is 1.59. The maximum absolute atomic E-state index is 11.9. The van der Waals surface area contributed by atoms with Crippen molar-refractivity contribution in [2.45, 2.75) is 32.1 Å². The van der Waals surface area contributed by atoms with Gasteiger partial charge in [-0.3, -0.25) is 9.63 Å². The minimum Gasteiger partial charge on any atom is -0.273 e. The molecule has 0 saturated carbocycles. The summed E-state index contributed by atoms with van der Waals surface area (Å²) in [6, 6.07) is 0. The average molecular weight is 229 g/mol. The number of amides is 1. The van der Waals surface area contributed by atoms with Gasteiger partial charge in [-0.15, -0.1) is 0 Å². The van der Waals surface area contributed by atoms with Crippen molar-refractivity contribution < 1.29 is 9.63 Å². The Morgan fingerprint density at radius 1 is 1.33 bits per heavy atom. The largest absolute Gasteiger partial charge is 0.273 e. The second-order valence-electron chi connectivity index (χ2n) is 4.30. The summed E-state index contributed by atoms with van der Waals surface area (Å²) in [5.41, 5.74) is 0. The number of carbonyl (C=O) groups excluding carboxylic acids is 1. The zero-order chi connectivity index (χ0) is 10.5. The number of hydroxylamine groups is 2. The molecule has 2 heterocycles. The Kier molecular flexibility index (Phi) is 4.32. The average Bonchev–Trinajstić information content (AvgIpc) is 2.31. The van der Waals surface area contributed by atoms with E-state index in [9.17, 15) is 4.79 Å². The predicted octanol–water partition coefficient (Wildman–Crippen LogP) is 2.07. The third-order valence-electron chi connectivity index (χ3n) is 3.09. The van der Waals surface area contributed by atoms with Gasteiger partial charge in [0.1, 0.15) is 0 Å². The first-order valence-corrected chi connectivity index (χ1v) is 7.03. The van der Waals surface area contributed by atoms with Crippen LogP contribution in [0.15, 0.2) is 0 Å². The summed E-state index contributed by atoms with van der Waals surface area (Å²) in [4.78, 5) is 17.2. The highest BCUT2D eigenvalue weighted by Crippen LogP contribution is 2.26. The second-order valence-corrected chi connectivity index (χ2v) is 5.52. The van der Waals surface area contributed by atoms with Crippen LogP contribution in [0.25, 0.3) is 0 Å². The molecule has 0 unspecified atom stereocenters. The summed E-state index contributed by atoms with van der Waals surface area (Å²) in [6.45, 7) is 1.51. The van der Waals surface area contributed by atoms with Crippen LogP contribution >= 0.6 is 11.8 Å². The van der Waals surface area contributed by atoms with E-state index in [1.165, 1.54) is 24.3 Å². The van der Waals surface area contributed by atoms with Gasteiger partial charge in [0.15, 0.2) is 0 Å². The summed E-state index contributed by atoms with van der Waals surface area (Å²) in [5.74, 6) is 3.24. The Morgan fingerprint density at radius 2 is 2.13 bits per heavy atom. The molecular weight excluding hydrogens is 210 g/mol. The maximum atomic E-state index is 11.9. The second kappa shape index (κ2) is 5.75. The number of carbonyl (C=O) groups is 1. The molecule has 0 aromatic heterocycles. The molecule has 0 radical (unpaired) electrons. The molecule has 2 aliphatic rings. The van der Waals surface area contributed by atoms with E-state index in [-0.39, 0.29) is 5.91 Å². The third-order valence-corrected chi connectivity index (χ3v) is 4.13. The number of hydrogen-bond acceptors (Lipinski definition) is 3. The van der Waals surface area contributed by atoms with Crippen LogP contribution in [-0.2, 0) is 9.63 Å². The zero-order valence-corrected chi connectivity index (χ0v) is 9.93. The van der Waals surface area contributed by atoms with Gasteiger partial charge in [-0.2, -0.15) is 11.8 Å². The molecular formula is C11H19NO2S. The first-order valence-electron chi connectivity index (χ1n) is 5.87. The molecule has 15 heavy (non-hydrogen) atoms. The van der Waals surface area contributed by atoms with E-state index in [1.807, 2.05) is 11.8 Å². The highest BCUT2D eigenvalue weighted by molar-refractivity contribution is 7.99. The Balaban J connectivity index is 1.74. The van der Waals surface area contributed by atoms with E-state index in [1.54, 1.807) is 5.06 Å². The van der Waals surface area contributed by atoms with E-state index in [0.29, 0.717) is 18.9 Å². The summed E-state index contributed by atoms with van der Waals surface area (Å²) in [6.07, 6.45) is 5.27. The molecule has 86 valence electrons. The smallest absolute Gasteiger partial charge is 0.246 e. The van der Waals surface area contributed by atoms with Crippen LogP contribution in [0.1, 0.15) is 32.1 Å². The van der Waals surface area contributed by atoms with Gasteiger partial charge < -0.3 is 0 Å². The van der Waals surface area contributed by atoms with Crippen molar-refractivity contribution in [1.82, 2.24) is 5.06 Å². The molecule has 0 bridgehead atoms. The van der Waals surface area contributed by atoms with Gasteiger partial charge in [0.2, 0.25) is 5.91 Å². The van der Waals surface area contributed by atoms with Crippen molar-refractivity contribution >= 4 is 17.7 Å². The summed E-state index contributed by atoms with van der Waals surface area (Å²) >= 11 is 2.01. The Hall–Kier alpha value is -0.220. The Morgan fingerprint density at radius 3 is 2.80 bits per heavy atom. The van der Waals surface area contributed by atoms with E-state index in [2.05, 4.69) is 0 Å². The molecule has 4 heteroatoms. The lowest BCUT2D eigenvalue weighted by Gasteiger charge is -2.28. The fourth-order valence-corrected chi connectivity index (χ4v) is 3.30. The van der Waals surface area contributed by atoms with Gasteiger partial charge in [0.25, 0.3) is 0 Å². The van der Waals surface area contributed by atoms with Gasteiger partial charge in [-0.05, 0) is 43.1 Å². The van der Waals surface area contributed by atoms with Gasteiger partial charge in [-0.25, -0.2) is 5.06 Å². The zero-order valence-electron chi connectivity index (χ0n) is 9.11. The number of hydrogen-bond donors (Lipinski definition) is 0. The van der Waals surface area contributed by atoms with Crippen molar-refractivity contribution in [2.24, 2.45) is 5.92 Å². The van der Waals surface area contributed by atoms with E-state index < -0.39 is 0 Å². The van der Waals surface area contributed by atoms with E-state index in [4.69, 9.17) is 4.84 Å². The molecule has 2 fully saturated rings. The van der Waals surface area contributed by atoms with Crippen LogP contribution in [-0.4, -0.2) is 35.6 Å². The standard InChI is InChI=1S/C11H19NO2S/c13-11(12-5-1-2-6-14-12)9-10-3-7-15-8-4-10/h10H,1-9H2. The topological polar surface area (TPSA) is 29.5 Å². The van der Waals surface area contributed by atoms with Crippen molar-refractivity contribution in [1.29, 1.82) is 0 Å². The number of rotatable bonds is 2. The summed E-state index contributed by atoms with van der Waals surface area (Å²) in [7, 11) is 0. The van der Waals surface area contributed by atoms with Crippen LogP contribution in [0.4, 0.5) is 0 Å². The van der Waals surface area contributed by atoms with Crippen molar-refractivity contribution in [3.63, 3.8) is 0 Å². The van der Waals surface area contributed by atoms with Crippen molar-refractivity contribution in [3.8, 4) is 0 Å². The Bertz CT molecular complexity index is 211. The van der Waals surface area contributed by atoms with Crippen molar-refractivity contribution in [3.05, 3.63) is 0 Å². The maximum Gasteiger partial charge on any atom is 0.246 e. The first-order chi connectivity index (χ1) is 7.36. The highest BCUT2D eigenvalue weighted by atomic mass is 32.2. The van der Waals surface area contributed by atoms with Crippen LogP contribution in [0.5, 0.6) is 0 Å². The van der Waals surface area contributed by atoms with Crippen molar-refractivity contribution in [2.75, 3.05) is 24.7 Å². The normalized spacial score (nSPS) is 24.1. The first kappa shape index (κ1) is 11.3. The molecule has 0 aliphatic carbocycles. The van der Waals surface area contributed by atoms with Crippen LogP contribution in [0.3, 0.4) is 0 Å². The van der Waals surface area contributed by atoms with Gasteiger partial charge >= 0.3 is 0 Å². The van der Waals surface area contributed by atoms with Gasteiger partial charge in [0, 0.05) is 13.0 Å². The lowest BCUT2D eigenvalue weighted by atomic mass is 9.98. The highest BCUT2D eigenvalue weighted by Gasteiger charge is 2.23. The van der Waals surface area contributed by atoms with E-state index >= 15 is 0 Å². The molecule has 2 aliphatic heterocycles. The molecule has 0 aromatic carbocycles. The molecule has 0 aromatic rings. The Labute approximate surface area is 95.5 Å². The van der Waals surface area contributed by atoms with Crippen LogP contribution < -0.4 is 0 Å². The molecule has 0 N–H and O–H groups in total. The molecule has 0 atom stereocenters. The van der Waals surface area contributed by atoms with Gasteiger partial charge in [0.05, 0.1) is 6.61 Å². The fourth-order valence-electron chi connectivity index (χ4n) is 2.09. The van der Waals surface area contributed by atoms with Crippen LogP contribution in [0, 0.1) is 5.92 Å². The molecule has 2 saturated heterocycles. The third kappa shape index (κ3) is 3.38. The minimum atomic E-state index is 0.201. The molecule has 1 amide bonds. The fraction of sp³-hybridized carbons (Fsp3) is 0.909. The van der Waals surface area contributed by atoms with E-state index in [0.717, 1.165) is 19.4 Å². The van der Waals surface area contributed by atoms with Crippen LogP contribution in [0.2, 0.25) is 0 Å². The molecule has 3 nitrogen and oxygen atoms in total. The monoisotopic (exact) mass is 229 g/mol. The SMILES string of the molecule is O=C(CC1CCSCC1)N1CCCCO1. The molecule has 0 spiro atoms. The quantitative estimate of drug-likeness (QED) is 0.726. The lowest BCUT2D eigenvalue weighted by Crippen LogP contribution is -2.37. The summed E-state index contributed by atoms with van der Waals surface area (Å²) < 4.78 is 0. The number of thioether (sulfide) groups is 1.